The number of carbonyl (C=O) groups is 1. The van der Waals surface area contributed by atoms with Crippen molar-refractivity contribution < 1.29 is 14.3 Å². The van der Waals surface area contributed by atoms with Gasteiger partial charge in [-0.25, -0.2) is 9.78 Å². The molecule has 0 aliphatic heterocycles. The van der Waals surface area contributed by atoms with Crippen LogP contribution in [-0.2, 0) is 4.74 Å². The summed E-state index contributed by atoms with van der Waals surface area (Å²) < 4.78 is 10.4. The number of hydrogen-bond donors (Lipinski definition) is 0. The Morgan fingerprint density at radius 1 is 1.16 bits per heavy atom. The van der Waals surface area contributed by atoms with Gasteiger partial charge in [0.1, 0.15) is 11.1 Å². The summed E-state index contributed by atoms with van der Waals surface area (Å²) in [5.41, 5.74) is 0.950. The lowest BCUT2D eigenvalue weighted by atomic mass is 10.2. The van der Waals surface area contributed by atoms with E-state index in [4.69, 9.17) is 9.47 Å². The van der Waals surface area contributed by atoms with Gasteiger partial charge in [-0.15, -0.1) is 0 Å². The Kier molecular flexibility index (Phi) is 3.42. The van der Waals surface area contributed by atoms with Crippen molar-refractivity contribution in [2.75, 3.05) is 0 Å². The summed E-state index contributed by atoms with van der Waals surface area (Å²) in [6.07, 6.45) is -0.719. The van der Waals surface area contributed by atoms with Crippen molar-refractivity contribution in [3.63, 3.8) is 0 Å². The molecule has 19 heavy (non-hydrogen) atoms. The molecule has 0 unspecified atom stereocenters. The molecule has 4 nitrogen and oxygen atoms in total. The highest BCUT2D eigenvalue weighted by Crippen LogP contribution is 2.24. The molecule has 1 aromatic heterocycles. The number of hydrogen-bond acceptors (Lipinski definition) is 4. The quantitative estimate of drug-likeness (QED) is 0.576. The molecule has 0 amide bonds. The van der Waals surface area contributed by atoms with E-state index < -0.39 is 11.8 Å². The number of benzene rings is 1. The summed E-state index contributed by atoms with van der Waals surface area (Å²) in [4.78, 5) is 16.1. The molecule has 0 aliphatic rings. The second-order valence-electron chi connectivity index (χ2n) is 5.35. The van der Waals surface area contributed by atoms with Crippen LogP contribution in [0.2, 0.25) is 0 Å². The highest BCUT2D eigenvalue weighted by atomic mass is 16.7. The number of carbonyl (C=O) groups excluding carboxylic acids is 1. The summed E-state index contributed by atoms with van der Waals surface area (Å²) in [7, 11) is 0. The van der Waals surface area contributed by atoms with Crippen molar-refractivity contribution in [1.82, 2.24) is 4.98 Å². The number of rotatable bonds is 1. The van der Waals surface area contributed by atoms with Crippen LogP contribution in [0.3, 0.4) is 0 Å². The van der Waals surface area contributed by atoms with Crippen LogP contribution in [-0.4, -0.2) is 16.7 Å². The SMILES string of the molecule is Cc1ccc2cccc(OC(=O)OC(C)(C)C)c2n1. The summed E-state index contributed by atoms with van der Waals surface area (Å²) in [5, 5.41) is 0.923. The molecular weight excluding hydrogens is 242 g/mol. The van der Waals surface area contributed by atoms with Crippen molar-refractivity contribution >= 4 is 17.1 Å². The molecule has 0 fully saturated rings. The fourth-order valence-corrected chi connectivity index (χ4v) is 1.66. The molecule has 0 bridgehead atoms. The fraction of sp³-hybridized carbons (Fsp3) is 0.333. The molecule has 0 N–H and O–H groups in total. The largest absolute Gasteiger partial charge is 0.514 e. The van der Waals surface area contributed by atoms with Gasteiger partial charge in [-0.3, -0.25) is 0 Å². The van der Waals surface area contributed by atoms with E-state index in [1.54, 1.807) is 26.8 Å². The molecule has 0 radical (unpaired) electrons. The Hall–Kier alpha value is -2.10. The predicted octanol–water partition coefficient (Wildman–Crippen LogP) is 3.86. The zero-order chi connectivity index (χ0) is 14.0. The second kappa shape index (κ2) is 4.88. The third-order valence-electron chi connectivity index (χ3n) is 2.41. The zero-order valence-electron chi connectivity index (χ0n) is 11.6. The number of aromatic nitrogens is 1. The minimum atomic E-state index is -0.719. The summed E-state index contributed by atoms with van der Waals surface area (Å²) >= 11 is 0. The standard InChI is InChI=1S/C15H17NO3/c1-10-8-9-11-6-5-7-12(13(11)16-10)18-14(17)19-15(2,3)4/h5-9H,1-4H3. The predicted molar refractivity (Wildman–Crippen MR) is 73.3 cm³/mol. The van der Waals surface area contributed by atoms with Crippen molar-refractivity contribution in [2.45, 2.75) is 33.3 Å². The lowest BCUT2D eigenvalue weighted by Crippen LogP contribution is -2.26. The first-order valence-electron chi connectivity index (χ1n) is 6.12. The van der Waals surface area contributed by atoms with Gasteiger partial charge < -0.3 is 9.47 Å². The van der Waals surface area contributed by atoms with Gasteiger partial charge in [0, 0.05) is 11.1 Å². The van der Waals surface area contributed by atoms with E-state index in [-0.39, 0.29) is 0 Å². The van der Waals surface area contributed by atoms with Crippen molar-refractivity contribution in [3.05, 3.63) is 36.0 Å². The van der Waals surface area contributed by atoms with Gasteiger partial charge in [0.25, 0.3) is 0 Å². The summed E-state index contributed by atoms with van der Waals surface area (Å²) in [6.45, 7) is 7.27. The number of fused-ring (bicyclic) bond motifs is 1. The van der Waals surface area contributed by atoms with Crippen LogP contribution in [0, 0.1) is 6.92 Å². The molecule has 0 spiro atoms. The average molecular weight is 259 g/mol. The van der Waals surface area contributed by atoms with Crippen molar-refractivity contribution in [3.8, 4) is 5.75 Å². The van der Waals surface area contributed by atoms with E-state index >= 15 is 0 Å². The maximum atomic E-state index is 11.7. The Labute approximate surface area is 112 Å². The Balaban J connectivity index is 2.30. The molecule has 0 atom stereocenters. The average Bonchev–Trinajstić information content (AvgIpc) is 2.27. The van der Waals surface area contributed by atoms with Crippen LogP contribution in [0.4, 0.5) is 4.79 Å². The maximum Gasteiger partial charge on any atom is 0.514 e. The van der Waals surface area contributed by atoms with Crippen molar-refractivity contribution in [2.24, 2.45) is 0 Å². The number of aryl methyl sites for hydroxylation is 1. The molecule has 2 aromatic rings. The smallest absolute Gasteiger partial charge is 0.428 e. The molecular formula is C15H17NO3. The number of ether oxygens (including phenoxy) is 2. The normalized spacial score (nSPS) is 11.4. The van der Waals surface area contributed by atoms with E-state index in [0.29, 0.717) is 11.3 Å². The van der Waals surface area contributed by atoms with Gasteiger partial charge in [-0.2, -0.15) is 0 Å². The molecule has 0 aliphatic carbocycles. The van der Waals surface area contributed by atoms with E-state index in [2.05, 4.69) is 4.98 Å². The molecule has 0 saturated carbocycles. The molecule has 1 heterocycles. The number of pyridine rings is 1. The monoisotopic (exact) mass is 259 g/mol. The highest BCUT2D eigenvalue weighted by Gasteiger charge is 2.19. The zero-order valence-corrected chi connectivity index (χ0v) is 11.6. The topological polar surface area (TPSA) is 48.4 Å². The van der Waals surface area contributed by atoms with Crippen molar-refractivity contribution in [1.29, 1.82) is 0 Å². The van der Waals surface area contributed by atoms with Gasteiger partial charge in [-0.05, 0) is 39.8 Å². The Morgan fingerprint density at radius 3 is 2.58 bits per heavy atom. The van der Waals surface area contributed by atoms with Crippen LogP contribution in [0.5, 0.6) is 5.75 Å². The third-order valence-corrected chi connectivity index (χ3v) is 2.41. The lowest BCUT2D eigenvalue weighted by Gasteiger charge is -2.18. The van der Waals surface area contributed by atoms with Gasteiger partial charge in [0.05, 0.1) is 0 Å². The number of nitrogens with zero attached hydrogens (tertiary/aromatic N) is 1. The summed E-state index contributed by atoms with van der Waals surface area (Å²) in [5.74, 6) is 0.412. The first-order chi connectivity index (χ1) is 8.85. The Morgan fingerprint density at radius 2 is 1.89 bits per heavy atom. The third kappa shape index (κ3) is 3.44. The van der Waals surface area contributed by atoms with Gasteiger partial charge in [0.15, 0.2) is 5.75 Å². The highest BCUT2D eigenvalue weighted by molar-refractivity contribution is 5.86. The van der Waals surface area contributed by atoms with Crippen LogP contribution >= 0.6 is 0 Å². The fourth-order valence-electron chi connectivity index (χ4n) is 1.66. The molecule has 1 aromatic carbocycles. The van der Waals surface area contributed by atoms with Gasteiger partial charge in [-0.1, -0.05) is 18.2 Å². The van der Waals surface area contributed by atoms with E-state index in [1.807, 2.05) is 31.2 Å². The van der Waals surface area contributed by atoms with E-state index in [1.165, 1.54) is 0 Å². The minimum Gasteiger partial charge on any atom is -0.428 e. The van der Waals surface area contributed by atoms with E-state index in [9.17, 15) is 4.79 Å². The Bertz CT molecular complexity index is 614. The maximum absolute atomic E-state index is 11.7. The van der Waals surface area contributed by atoms with Crippen LogP contribution in [0.1, 0.15) is 26.5 Å². The molecule has 4 heteroatoms. The van der Waals surface area contributed by atoms with Crippen LogP contribution < -0.4 is 4.74 Å². The number of para-hydroxylation sites is 1. The molecule has 0 saturated heterocycles. The first kappa shape index (κ1) is 13.3. The van der Waals surface area contributed by atoms with Gasteiger partial charge in [0.2, 0.25) is 0 Å². The second-order valence-corrected chi connectivity index (χ2v) is 5.35. The first-order valence-corrected chi connectivity index (χ1v) is 6.12. The van der Waals surface area contributed by atoms with Gasteiger partial charge >= 0.3 is 6.16 Å². The van der Waals surface area contributed by atoms with Crippen LogP contribution in [0.15, 0.2) is 30.3 Å². The van der Waals surface area contributed by atoms with Crippen LogP contribution in [0.25, 0.3) is 10.9 Å². The minimum absolute atomic E-state index is 0.412. The van der Waals surface area contributed by atoms with E-state index in [0.717, 1.165) is 11.1 Å². The lowest BCUT2D eigenvalue weighted by molar-refractivity contribution is 0.0209. The molecule has 2 rings (SSSR count). The summed E-state index contributed by atoms with van der Waals surface area (Å²) in [6, 6.07) is 9.31. The molecule has 100 valence electrons.